The smallest absolute Gasteiger partial charge is 0.277 e. The lowest BCUT2D eigenvalue weighted by Gasteiger charge is -2.07. The highest BCUT2D eigenvalue weighted by molar-refractivity contribution is 6.42. The molecule has 0 aliphatic rings. The summed E-state index contributed by atoms with van der Waals surface area (Å²) >= 11 is 11.9. The van der Waals surface area contributed by atoms with E-state index in [2.05, 4.69) is 20.6 Å². The van der Waals surface area contributed by atoms with E-state index in [9.17, 15) is 4.79 Å². The molecule has 3 aromatic rings. The van der Waals surface area contributed by atoms with Gasteiger partial charge in [-0.3, -0.25) is 4.79 Å². The predicted octanol–water partition coefficient (Wildman–Crippen LogP) is 2.81. The summed E-state index contributed by atoms with van der Waals surface area (Å²) < 4.78 is 1.56. The van der Waals surface area contributed by atoms with E-state index in [1.54, 1.807) is 22.9 Å². The molecule has 0 amide bonds. The highest BCUT2D eigenvalue weighted by atomic mass is 35.5. The SMILES string of the molecule is O=c1[nH]c(NCc2ccc(Cl)c(Cl)c2)cc2nnn(CCCCO)c12. The number of benzene rings is 1. The number of H-pyrrole nitrogens is 1. The molecule has 7 nitrogen and oxygen atoms in total. The van der Waals surface area contributed by atoms with Gasteiger partial charge in [0.05, 0.1) is 10.0 Å². The van der Waals surface area contributed by atoms with E-state index in [4.69, 9.17) is 28.3 Å². The fourth-order valence-corrected chi connectivity index (χ4v) is 2.80. The fourth-order valence-electron chi connectivity index (χ4n) is 2.48. The first-order valence-electron chi connectivity index (χ1n) is 7.83. The number of aliphatic hydroxyl groups is 1. The van der Waals surface area contributed by atoms with Gasteiger partial charge in [0.15, 0.2) is 5.52 Å². The lowest BCUT2D eigenvalue weighted by atomic mass is 10.2. The summed E-state index contributed by atoms with van der Waals surface area (Å²) in [6, 6.07) is 7.09. The maximum atomic E-state index is 12.3. The van der Waals surface area contributed by atoms with Crippen molar-refractivity contribution in [3.8, 4) is 0 Å². The molecule has 0 unspecified atom stereocenters. The Morgan fingerprint density at radius 1 is 1.20 bits per heavy atom. The first kappa shape index (κ1) is 17.7. The van der Waals surface area contributed by atoms with Gasteiger partial charge in [0.25, 0.3) is 5.56 Å². The Balaban J connectivity index is 1.76. The number of pyridine rings is 1. The quantitative estimate of drug-likeness (QED) is 0.546. The third kappa shape index (κ3) is 4.12. The number of aliphatic hydroxyl groups excluding tert-OH is 1. The van der Waals surface area contributed by atoms with Crippen LogP contribution in [0.4, 0.5) is 5.82 Å². The van der Waals surface area contributed by atoms with E-state index >= 15 is 0 Å². The van der Waals surface area contributed by atoms with Gasteiger partial charge in [-0.25, -0.2) is 4.68 Å². The number of rotatable bonds is 7. The molecule has 2 aromatic heterocycles. The minimum atomic E-state index is -0.261. The van der Waals surface area contributed by atoms with Crippen molar-refractivity contribution in [2.75, 3.05) is 11.9 Å². The number of hydrogen-bond acceptors (Lipinski definition) is 5. The van der Waals surface area contributed by atoms with Gasteiger partial charge in [0, 0.05) is 25.8 Å². The second kappa shape index (κ2) is 7.86. The number of aromatic nitrogens is 4. The fraction of sp³-hybridized carbons (Fsp3) is 0.312. The Labute approximate surface area is 153 Å². The number of halogens is 2. The standard InChI is InChI=1S/C16H17Cl2N5O2/c17-11-4-3-10(7-12(11)18)9-19-14-8-13-15(16(25)20-14)23(22-21-13)5-1-2-6-24/h3-4,7-8,24H,1-2,5-6,9H2,(H2,19,20,25). The molecule has 9 heteroatoms. The minimum Gasteiger partial charge on any atom is -0.396 e. The number of hydrogen-bond donors (Lipinski definition) is 3. The van der Waals surface area contributed by atoms with Crippen LogP contribution in [0.3, 0.4) is 0 Å². The summed E-state index contributed by atoms with van der Waals surface area (Å²) in [5, 5.41) is 21.0. The van der Waals surface area contributed by atoms with E-state index in [1.165, 1.54) is 0 Å². The minimum absolute atomic E-state index is 0.117. The molecule has 132 valence electrons. The lowest BCUT2D eigenvalue weighted by molar-refractivity contribution is 0.280. The molecule has 0 atom stereocenters. The Kier molecular flexibility index (Phi) is 5.57. The highest BCUT2D eigenvalue weighted by Crippen LogP contribution is 2.23. The van der Waals surface area contributed by atoms with Crippen LogP contribution in [0, 0.1) is 0 Å². The summed E-state index contributed by atoms with van der Waals surface area (Å²) in [6.07, 6.45) is 1.38. The normalized spacial score (nSPS) is 11.2. The van der Waals surface area contributed by atoms with Crippen molar-refractivity contribution in [3.05, 3.63) is 50.2 Å². The van der Waals surface area contributed by atoms with Gasteiger partial charge < -0.3 is 15.4 Å². The van der Waals surface area contributed by atoms with Crippen LogP contribution in [0.5, 0.6) is 0 Å². The summed E-state index contributed by atoms with van der Waals surface area (Å²) in [5.74, 6) is 0.547. The third-order valence-electron chi connectivity index (χ3n) is 3.75. The van der Waals surface area contributed by atoms with Crippen LogP contribution in [0.2, 0.25) is 10.0 Å². The van der Waals surface area contributed by atoms with E-state index in [0.717, 1.165) is 12.0 Å². The molecule has 1 aromatic carbocycles. The Morgan fingerprint density at radius 3 is 2.80 bits per heavy atom. The van der Waals surface area contributed by atoms with Crippen LogP contribution in [0.15, 0.2) is 29.1 Å². The molecule has 0 aliphatic heterocycles. The van der Waals surface area contributed by atoms with Crippen molar-refractivity contribution in [3.63, 3.8) is 0 Å². The zero-order valence-corrected chi connectivity index (χ0v) is 14.8. The summed E-state index contributed by atoms with van der Waals surface area (Å²) in [7, 11) is 0. The van der Waals surface area contributed by atoms with Crippen molar-refractivity contribution in [1.29, 1.82) is 0 Å². The van der Waals surface area contributed by atoms with Crippen molar-refractivity contribution >= 4 is 40.1 Å². The number of nitrogens with one attached hydrogen (secondary N) is 2. The van der Waals surface area contributed by atoms with Crippen molar-refractivity contribution in [1.82, 2.24) is 20.0 Å². The van der Waals surface area contributed by atoms with E-state index in [0.29, 0.717) is 46.4 Å². The molecule has 0 bridgehead atoms. The Hall–Kier alpha value is -2.09. The zero-order valence-electron chi connectivity index (χ0n) is 13.3. The number of nitrogens with zero attached hydrogens (tertiary/aromatic N) is 3. The molecule has 3 N–H and O–H groups in total. The summed E-state index contributed by atoms with van der Waals surface area (Å²) in [5.41, 5.74) is 1.62. The molecule has 0 spiro atoms. The number of aromatic amines is 1. The van der Waals surface area contributed by atoms with Gasteiger partial charge in [-0.2, -0.15) is 0 Å². The van der Waals surface area contributed by atoms with Gasteiger partial charge >= 0.3 is 0 Å². The highest BCUT2D eigenvalue weighted by Gasteiger charge is 2.10. The first-order chi connectivity index (χ1) is 12.1. The number of fused-ring (bicyclic) bond motifs is 1. The molecule has 25 heavy (non-hydrogen) atoms. The second-order valence-corrected chi connectivity index (χ2v) is 6.41. The monoisotopic (exact) mass is 381 g/mol. The van der Waals surface area contributed by atoms with Crippen LogP contribution >= 0.6 is 23.2 Å². The van der Waals surface area contributed by atoms with Crippen LogP contribution in [0.25, 0.3) is 11.0 Å². The molecule has 0 fully saturated rings. The average molecular weight is 382 g/mol. The molecule has 0 radical (unpaired) electrons. The molecule has 0 saturated heterocycles. The third-order valence-corrected chi connectivity index (χ3v) is 4.49. The average Bonchev–Trinajstić information content (AvgIpc) is 3.00. The van der Waals surface area contributed by atoms with Crippen molar-refractivity contribution < 1.29 is 5.11 Å². The Bertz CT molecular complexity index is 938. The van der Waals surface area contributed by atoms with Crippen molar-refractivity contribution in [2.24, 2.45) is 0 Å². The van der Waals surface area contributed by atoms with Crippen LogP contribution in [0.1, 0.15) is 18.4 Å². The van der Waals surface area contributed by atoms with Gasteiger partial charge in [0.1, 0.15) is 11.3 Å². The number of unbranched alkanes of at least 4 members (excludes halogenated alkanes) is 1. The molecule has 3 rings (SSSR count). The van der Waals surface area contributed by atoms with Gasteiger partial charge in [-0.1, -0.05) is 34.5 Å². The van der Waals surface area contributed by atoms with Crippen LogP contribution in [-0.4, -0.2) is 31.7 Å². The summed E-state index contributed by atoms with van der Waals surface area (Å²) in [4.78, 5) is 15.1. The maximum absolute atomic E-state index is 12.3. The van der Waals surface area contributed by atoms with Crippen molar-refractivity contribution in [2.45, 2.75) is 25.9 Å². The first-order valence-corrected chi connectivity index (χ1v) is 8.59. The van der Waals surface area contributed by atoms with E-state index in [-0.39, 0.29) is 12.2 Å². The molecular formula is C16H17Cl2N5O2. The Morgan fingerprint density at radius 2 is 2.04 bits per heavy atom. The maximum Gasteiger partial charge on any atom is 0.277 e. The molecular weight excluding hydrogens is 365 g/mol. The molecule has 0 aliphatic carbocycles. The lowest BCUT2D eigenvalue weighted by Crippen LogP contribution is -2.14. The van der Waals surface area contributed by atoms with Gasteiger partial charge in [0.2, 0.25) is 0 Å². The van der Waals surface area contributed by atoms with E-state index < -0.39 is 0 Å². The second-order valence-electron chi connectivity index (χ2n) is 5.59. The molecule has 0 saturated carbocycles. The van der Waals surface area contributed by atoms with Crippen LogP contribution < -0.4 is 10.9 Å². The topological polar surface area (TPSA) is 95.8 Å². The summed E-state index contributed by atoms with van der Waals surface area (Å²) in [6.45, 7) is 1.13. The van der Waals surface area contributed by atoms with E-state index in [1.807, 2.05) is 6.07 Å². The molecule has 2 heterocycles. The predicted molar refractivity (Wildman–Crippen MR) is 98.3 cm³/mol. The van der Waals surface area contributed by atoms with Crippen LogP contribution in [-0.2, 0) is 13.1 Å². The van der Waals surface area contributed by atoms with Gasteiger partial charge in [-0.15, -0.1) is 5.10 Å². The zero-order chi connectivity index (χ0) is 17.8. The largest absolute Gasteiger partial charge is 0.396 e. The number of anilines is 1. The van der Waals surface area contributed by atoms with Gasteiger partial charge in [-0.05, 0) is 30.5 Å². The number of aryl methyl sites for hydroxylation is 1.